The van der Waals surface area contributed by atoms with Crippen LogP contribution in [-0.4, -0.2) is 31.4 Å². The number of aromatic amines is 1. The van der Waals surface area contributed by atoms with E-state index in [1.807, 2.05) is 12.1 Å². The Kier molecular flexibility index (Phi) is 4.11. The number of hydrogen-bond donors (Lipinski definition) is 2. The molecule has 1 fully saturated rings. The lowest BCUT2D eigenvalue weighted by molar-refractivity contribution is 0.328. The fourth-order valence-electron chi connectivity index (χ4n) is 3.70. The summed E-state index contributed by atoms with van der Waals surface area (Å²) in [6.45, 7) is 2.83. The first kappa shape index (κ1) is 16.3. The van der Waals surface area contributed by atoms with Crippen molar-refractivity contribution in [1.29, 1.82) is 0 Å². The lowest BCUT2D eigenvalue weighted by atomic mass is 9.99. The molecule has 1 aliphatic heterocycles. The van der Waals surface area contributed by atoms with Gasteiger partial charge in [-0.1, -0.05) is 30.3 Å². The fraction of sp³-hybridized carbons (Fsp3) is 0.263. The van der Waals surface area contributed by atoms with Gasteiger partial charge in [0.15, 0.2) is 0 Å². The first-order chi connectivity index (χ1) is 12.0. The predicted octanol–water partition coefficient (Wildman–Crippen LogP) is 2.80. The Morgan fingerprint density at radius 1 is 1.16 bits per heavy atom. The molecule has 2 heterocycles. The molecule has 0 radical (unpaired) electrons. The van der Waals surface area contributed by atoms with E-state index in [0.717, 1.165) is 37.1 Å². The van der Waals surface area contributed by atoms with E-state index >= 15 is 0 Å². The number of hydrogen-bond acceptors (Lipinski definition) is 3. The number of nitrogens with zero attached hydrogens (tertiary/aromatic N) is 1. The molecule has 3 aromatic rings. The Bertz CT molecular complexity index is 1010. The molecule has 0 aliphatic carbocycles. The number of likely N-dealkylation sites (tertiary alicyclic amines) is 1. The summed E-state index contributed by atoms with van der Waals surface area (Å²) < 4.78 is 23.1. The smallest absolute Gasteiger partial charge is 0.238 e. The summed E-state index contributed by atoms with van der Waals surface area (Å²) in [7, 11) is -3.65. The highest BCUT2D eigenvalue weighted by atomic mass is 32.2. The van der Waals surface area contributed by atoms with E-state index in [-0.39, 0.29) is 4.90 Å². The van der Waals surface area contributed by atoms with E-state index in [0.29, 0.717) is 5.92 Å². The zero-order valence-corrected chi connectivity index (χ0v) is 14.7. The predicted molar refractivity (Wildman–Crippen MR) is 98.7 cm³/mol. The van der Waals surface area contributed by atoms with Crippen molar-refractivity contribution < 1.29 is 8.42 Å². The van der Waals surface area contributed by atoms with Crippen LogP contribution in [0, 0.1) is 0 Å². The number of nitrogens with one attached hydrogen (secondary N) is 1. The molecule has 0 amide bonds. The van der Waals surface area contributed by atoms with Gasteiger partial charge in [0.1, 0.15) is 0 Å². The summed E-state index contributed by atoms with van der Waals surface area (Å²) in [4.78, 5) is 5.94. The molecule has 1 atom stereocenters. The van der Waals surface area contributed by atoms with Crippen LogP contribution in [0.15, 0.2) is 59.6 Å². The van der Waals surface area contributed by atoms with Crippen LogP contribution in [0.1, 0.15) is 23.5 Å². The molecule has 2 aromatic carbocycles. The second-order valence-corrected chi connectivity index (χ2v) is 8.26. The highest BCUT2D eigenvalue weighted by Crippen LogP contribution is 2.30. The molecule has 0 saturated carbocycles. The largest absolute Gasteiger partial charge is 0.361 e. The SMILES string of the molecule is NS(=O)(=O)c1cccc(C2CCN(Cc3c[nH]c4ccccc34)C2)c1. The van der Waals surface area contributed by atoms with Crippen molar-refractivity contribution in [3.63, 3.8) is 0 Å². The van der Waals surface area contributed by atoms with Crippen LogP contribution in [0.3, 0.4) is 0 Å². The molecule has 130 valence electrons. The highest BCUT2D eigenvalue weighted by Gasteiger charge is 2.25. The van der Waals surface area contributed by atoms with Gasteiger partial charge < -0.3 is 4.98 Å². The maximum atomic E-state index is 11.6. The standard InChI is InChI=1S/C19H21N3O2S/c20-25(23,24)17-5-3-4-14(10-17)15-8-9-22(12-15)13-16-11-21-19-7-2-1-6-18(16)19/h1-7,10-11,15,21H,8-9,12-13H2,(H2,20,23,24). The molecule has 3 N–H and O–H groups in total. The van der Waals surface area contributed by atoms with Crippen LogP contribution in [0.5, 0.6) is 0 Å². The van der Waals surface area contributed by atoms with Gasteiger partial charge in [-0.25, -0.2) is 13.6 Å². The van der Waals surface area contributed by atoms with Gasteiger partial charge in [0.25, 0.3) is 0 Å². The molecule has 0 spiro atoms. The third-order valence-electron chi connectivity index (χ3n) is 5.00. The van der Waals surface area contributed by atoms with Gasteiger partial charge in [0.2, 0.25) is 10.0 Å². The van der Waals surface area contributed by atoms with E-state index in [1.54, 1.807) is 18.2 Å². The zero-order chi connectivity index (χ0) is 17.4. The van der Waals surface area contributed by atoms with Gasteiger partial charge in [-0.3, -0.25) is 4.90 Å². The summed E-state index contributed by atoms with van der Waals surface area (Å²) in [5.41, 5.74) is 3.51. The number of nitrogens with two attached hydrogens (primary N) is 1. The Balaban J connectivity index is 1.50. The van der Waals surface area contributed by atoms with Gasteiger partial charge in [0.05, 0.1) is 4.90 Å². The van der Waals surface area contributed by atoms with Gasteiger partial charge in [-0.15, -0.1) is 0 Å². The van der Waals surface area contributed by atoms with Crippen LogP contribution in [0.4, 0.5) is 0 Å². The number of rotatable bonds is 4. The number of primary sulfonamides is 1. The van der Waals surface area contributed by atoms with Crippen LogP contribution in [0.2, 0.25) is 0 Å². The van der Waals surface area contributed by atoms with Crippen molar-refractivity contribution in [2.45, 2.75) is 23.8 Å². The van der Waals surface area contributed by atoms with E-state index in [2.05, 4.69) is 34.3 Å². The normalized spacial score (nSPS) is 18.8. The van der Waals surface area contributed by atoms with Crippen molar-refractivity contribution in [3.05, 3.63) is 65.9 Å². The molecule has 4 rings (SSSR count). The molecule has 1 aliphatic rings. The van der Waals surface area contributed by atoms with Crippen LogP contribution in [-0.2, 0) is 16.6 Å². The first-order valence-corrected chi connectivity index (χ1v) is 9.95. The second kappa shape index (κ2) is 6.29. The minimum atomic E-state index is -3.65. The van der Waals surface area contributed by atoms with Crippen LogP contribution >= 0.6 is 0 Å². The topological polar surface area (TPSA) is 79.2 Å². The summed E-state index contributed by atoms with van der Waals surface area (Å²) in [6.07, 6.45) is 3.11. The van der Waals surface area contributed by atoms with Crippen LogP contribution in [0.25, 0.3) is 10.9 Å². The number of aromatic nitrogens is 1. The molecule has 25 heavy (non-hydrogen) atoms. The van der Waals surface area contributed by atoms with Gasteiger partial charge in [0, 0.05) is 30.2 Å². The summed E-state index contributed by atoms with van der Waals surface area (Å²) in [6, 6.07) is 15.4. The van der Waals surface area contributed by atoms with Crippen molar-refractivity contribution in [2.75, 3.05) is 13.1 Å². The minimum absolute atomic E-state index is 0.195. The lowest BCUT2D eigenvalue weighted by Crippen LogP contribution is -2.19. The molecular formula is C19H21N3O2S. The summed E-state index contributed by atoms with van der Waals surface area (Å²) >= 11 is 0. The summed E-state index contributed by atoms with van der Waals surface area (Å²) in [5.74, 6) is 0.340. The molecule has 0 bridgehead atoms. The Labute approximate surface area is 147 Å². The Morgan fingerprint density at radius 2 is 2.00 bits per heavy atom. The third-order valence-corrected chi connectivity index (χ3v) is 5.91. The van der Waals surface area contributed by atoms with Crippen LogP contribution < -0.4 is 5.14 Å². The fourth-order valence-corrected chi connectivity index (χ4v) is 4.27. The number of benzene rings is 2. The summed E-state index contributed by atoms with van der Waals surface area (Å²) in [5, 5.41) is 6.52. The first-order valence-electron chi connectivity index (χ1n) is 8.41. The highest BCUT2D eigenvalue weighted by molar-refractivity contribution is 7.89. The maximum Gasteiger partial charge on any atom is 0.238 e. The minimum Gasteiger partial charge on any atom is -0.361 e. The Hall–Kier alpha value is -2.15. The second-order valence-electron chi connectivity index (χ2n) is 6.70. The molecule has 1 unspecified atom stereocenters. The van der Waals surface area contributed by atoms with E-state index in [4.69, 9.17) is 5.14 Å². The number of para-hydroxylation sites is 1. The zero-order valence-electron chi connectivity index (χ0n) is 13.9. The Morgan fingerprint density at radius 3 is 2.84 bits per heavy atom. The number of fused-ring (bicyclic) bond motifs is 1. The molecule has 5 nitrogen and oxygen atoms in total. The van der Waals surface area contributed by atoms with Gasteiger partial charge in [-0.2, -0.15) is 0 Å². The third kappa shape index (κ3) is 3.33. The number of sulfonamides is 1. The number of H-pyrrole nitrogens is 1. The molecular weight excluding hydrogens is 334 g/mol. The van der Waals surface area contributed by atoms with Gasteiger partial charge >= 0.3 is 0 Å². The average molecular weight is 355 g/mol. The lowest BCUT2D eigenvalue weighted by Gasteiger charge is -2.16. The van der Waals surface area contributed by atoms with Crippen molar-refractivity contribution in [3.8, 4) is 0 Å². The van der Waals surface area contributed by atoms with E-state index in [1.165, 1.54) is 10.9 Å². The van der Waals surface area contributed by atoms with E-state index in [9.17, 15) is 8.42 Å². The van der Waals surface area contributed by atoms with Gasteiger partial charge in [-0.05, 0) is 48.2 Å². The molecule has 1 saturated heterocycles. The maximum absolute atomic E-state index is 11.6. The van der Waals surface area contributed by atoms with E-state index < -0.39 is 10.0 Å². The molecule has 6 heteroatoms. The van der Waals surface area contributed by atoms with Crippen molar-refractivity contribution in [1.82, 2.24) is 9.88 Å². The molecule has 1 aromatic heterocycles. The van der Waals surface area contributed by atoms with Crippen molar-refractivity contribution in [2.24, 2.45) is 5.14 Å². The monoisotopic (exact) mass is 355 g/mol. The quantitative estimate of drug-likeness (QED) is 0.755. The average Bonchev–Trinajstić information content (AvgIpc) is 3.22. The van der Waals surface area contributed by atoms with Crippen molar-refractivity contribution >= 4 is 20.9 Å².